The number of rotatable bonds is 5. The molecule has 0 aliphatic rings. The normalized spacial score (nSPS) is 12.2. The number of hydrogen-bond donors (Lipinski definition) is 1. The van der Waals surface area contributed by atoms with E-state index in [1.165, 1.54) is 0 Å². The van der Waals surface area contributed by atoms with E-state index in [4.69, 9.17) is 20.9 Å². The highest BCUT2D eigenvalue weighted by Crippen LogP contribution is 2.30. The number of ether oxygens (including phenoxy) is 1. The van der Waals surface area contributed by atoms with Gasteiger partial charge >= 0.3 is 0 Å². The first-order valence-electron chi connectivity index (χ1n) is 6.55. The average molecular weight is 309 g/mol. The molecule has 1 aromatic heterocycles. The van der Waals surface area contributed by atoms with Gasteiger partial charge in [-0.25, -0.2) is 0 Å². The summed E-state index contributed by atoms with van der Waals surface area (Å²) in [4.78, 5) is 12.4. The van der Waals surface area contributed by atoms with Crippen LogP contribution in [0.4, 0.5) is 0 Å². The molecule has 1 heterocycles. The van der Waals surface area contributed by atoms with Crippen LogP contribution in [0.15, 0.2) is 28.8 Å². The number of methoxy groups -OCH3 is 1. The fraction of sp³-hybridized carbons (Fsp3) is 0.333. The van der Waals surface area contributed by atoms with E-state index < -0.39 is 0 Å². The topological polar surface area (TPSA) is 64.4 Å². The second kappa shape index (κ2) is 6.74. The lowest BCUT2D eigenvalue weighted by Crippen LogP contribution is -2.36. The largest absolute Gasteiger partial charge is 0.383 e. The van der Waals surface area contributed by atoms with E-state index in [2.05, 4.69) is 10.5 Å². The van der Waals surface area contributed by atoms with Gasteiger partial charge in [-0.2, -0.15) is 0 Å². The maximum Gasteiger partial charge on any atom is 0.257 e. The Morgan fingerprint density at radius 2 is 2.19 bits per heavy atom. The highest BCUT2D eigenvalue weighted by atomic mass is 35.5. The van der Waals surface area contributed by atoms with Crippen molar-refractivity contribution in [3.05, 3.63) is 40.6 Å². The molecule has 1 aromatic carbocycles. The Labute approximate surface area is 128 Å². The number of aromatic nitrogens is 1. The summed E-state index contributed by atoms with van der Waals surface area (Å²) in [5.74, 6) is 0.195. The minimum atomic E-state index is -0.256. The predicted octanol–water partition coefficient (Wildman–Crippen LogP) is 3.07. The zero-order chi connectivity index (χ0) is 15.4. The summed E-state index contributed by atoms with van der Waals surface area (Å²) in [6.07, 6.45) is 0. The molecule has 21 heavy (non-hydrogen) atoms. The number of nitrogens with one attached hydrogen (secondary N) is 1. The maximum atomic E-state index is 12.4. The number of amides is 1. The van der Waals surface area contributed by atoms with Gasteiger partial charge in [0.15, 0.2) is 0 Å². The van der Waals surface area contributed by atoms with Gasteiger partial charge in [-0.05, 0) is 19.9 Å². The summed E-state index contributed by atoms with van der Waals surface area (Å²) in [7, 11) is 1.59. The van der Waals surface area contributed by atoms with Gasteiger partial charge in [0.1, 0.15) is 17.0 Å². The van der Waals surface area contributed by atoms with E-state index in [0.29, 0.717) is 34.2 Å². The van der Waals surface area contributed by atoms with Gasteiger partial charge in [0.25, 0.3) is 5.91 Å². The molecule has 6 heteroatoms. The van der Waals surface area contributed by atoms with Crippen LogP contribution in [0.3, 0.4) is 0 Å². The highest BCUT2D eigenvalue weighted by Gasteiger charge is 2.23. The van der Waals surface area contributed by atoms with Crippen molar-refractivity contribution < 1.29 is 14.1 Å². The molecule has 0 bridgehead atoms. The summed E-state index contributed by atoms with van der Waals surface area (Å²) in [5, 5.41) is 7.33. The number of benzene rings is 1. The van der Waals surface area contributed by atoms with Crippen LogP contribution in [0, 0.1) is 6.92 Å². The predicted molar refractivity (Wildman–Crippen MR) is 80.5 cm³/mol. The van der Waals surface area contributed by atoms with Crippen LogP contribution in [-0.4, -0.2) is 30.8 Å². The maximum absolute atomic E-state index is 12.4. The second-order valence-electron chi connectivity index (χ2n) is 4.77. The number of carbonyl (C=O) groups is 1. The van der Waals surface area contributed by atoms with E-state index in [9.17, 15) is 4.79 Å². The number of aryl methyl sites for hydroxylation is 1. The monoisotopic (exact) mass is 308 g/mol. The molecule has 1 atom stereocenters. The molecule has 1 amide bonds. The summed E-state index contributed by atoms with van der Waals surface area (Å²) < 4.78 is 10.2. The van der Waals surface area contributed by atoms with Crippen molar-refractivity contribution in [2.75, 3.05) is 13.7 Å². The van der Waals surface area contributed by atoms with Crippen molar-refractivity contribution in [1.29, 1.82) is 0 Å². The number of hydrogen-bond acceptors (Lipinski definition) is 4. The summed E-state index contributed by atoms with van der Waals surface area (Å²) >= 11 is 6.17. The van der Waals surface area contributed by atoms with Crippen LogP contribution < -0.4 is 5.32 Å². The smallest absolute Gasteiger partial charge is 0.257 e. The lowest BCUT2D eigenvalue weighted by Gasteiger charge is -2.12. The molecule has 0 saturated carbocycles. The van der Waals surface area contributed by atoms with Gasteiger partial charge in [-0.15, -0.1) is 0 Å². The van der Waals surface area contributed by atoms with Crippen LogP contribution in [0.1, 0.15) is 23.0 Å². The summed E-state index contributed by atoms with van der Waals surface area (Å²) in [5.41, 5.74) is 1.51. The lowest BCUT2D eigenvalue weighted by molar-refractivity contribution is 0.0904. The quantitative estimate of drug-likeness (QED) is 0.922. The third-order valence-electron chi connectivity index (χ3n) is 3.01. The molecule has 2 aromatic rings. The summed E-state index contributed by atoms with van der Waals surface area (Å²) in [6, 6.07) is 7.08. The van der Waals surface area contributed by atoms with Crippen molar-refractivity contribution in [3.8, 4) is 11.3 Å². The molecule has 0 aliphatic carbocycles. The van der Waals surface area contributed by atoms with E-state index >= 15 is 0 Å². The third-order valence-corrected chi connectivity index (χ3v) is 3.34. The van der Waals surface area contributed by atoms with Gasteiger partial charge in [-0.3, -0.25) is 4.79 Å². The second-order valence-corrected chi connectivity index (χ2v) is 5.18. The molecule has 0 radical (unpaired) electrons. The number of halogens is 1. The van der Waals surface area contributed by atoms with Crippen molar-refractivity contribution in [1.82, 2.24) is 10.5 Å². The van der Waals surface area contributed by atoms with Crippen LogP contribution in [-0.2, 0) is 4.74 Å². The highest BCUT2D eigenvalue weighted by molar-refractivity contribution is 6.33. The minimum absolute atomic E-state index is 0.115. The molecule has 1 N–H and O–H groups in total. The van der Waals surface area contributed by atoms with Crippen molar-refractivity contribution in [2.45, 2.75) is 19.9 Å². The van der Waals surface area contributed by atoms with Crippen LogP contribution in [0.2, 0.25) is 5.02 Å². The summed E-state index contributed by atoms with van der Waals surface area (Å²) in [6.45, 7) is 3.99. The fourth-order valence-corrected chi connectivity index (χ4v) is 2.29. The third kappa shape index (κ3) is 3.43. The zero-order valence-electron chi connectivity index (χ0n) is 12.1. The Kier molecular flexibility index (Phi) is 4.98. The van der Waals surface area contributed by atoms with Crippen LogP contribution in [0.25, 0.3) is 11.3 Å². The van der Waals surface area contributed by atoms with Gasteiger partial charge in [0.05, 0.1) is 11.6 Å². The van der Waals surface area contributed by atoms with E-state index in [-0.39, 0.29) is 11.9 Å². The minimum Gasteiger partial charge on any atom is -0.383 e. The first-order chi connectivity index (χ1) is 10.0. The van der Waals surface area contributed by atoms with E-state index in [0.717, 1.165) is 0 Å². The van der Waals surface area contributed by atoms with Gasteiger partial charge < -0.3 is 14.6 Å². The van der Waals surface area contributed by atoms with Crippen LogP contribution >= 0.6 is 11.6 Å². The fourth-order valence-electron chi connectivity index (χ4n) is 2.06. The molecule has 0 saturated heterocycles. The Hall–Kier alpha value is -1.85. The molecule has 5 nitrogen and oxygen atoms in total. The van der Waals surface area contributed by atoms with Gasteiger partial charge in [0, 0.05) is 18.7 Å². The lowest BCUT2D eigenvalue weighted by atomic mass is 10.1. The van der Waals surface area contributed by atoms with Gasteiger partial charge in [-0.1, -0.05) is 35.0 Å². The molecule has 0 aliphatic heterocycles. The Morgan fingerprint density at radius 3 is 2.86 bits per heavy atom. The zero-order valence-corrected chi connectivity index (χ0v) is 12.9. The molecular weight excluding hydrogens is 292 g/mol. The number of carbonyl (C=O) groups excluding carboxylic acids is 1. The SMILES string of the molecule is COC[C@@H](C)NC(=O)c1c(-c2ccccc2Cl)noc1C. The average Bonchev–Trinajstić information content (AvgIpc) is 2.81. The molecule has 0 spiro atoms. The number of nitrogens with zero attached hydrogens (tertiary/aromatic N) is 1. The Balaban J connectivity index is 2.35. The first kappa shape index (κ1) is 15.5. The molecule has 0 unspecified atom stereocenters. The molecule has 0 fully saturated rings. The molecule has 112 valence electrons. The van der Waals surface area contributed by atoms with Crippen molar-refractivity contribution >= 4 is 17.5 Å². The van der Waals surface area contributed by atoms with Crippen molar-refractivity contribution in [2.24, 2.45) is 0 Å². The van der Waals surface area contributed by atoms with E-state index in [1.807, 2.05) is 19.1 Å². The molecule has 2 rings (SSSR count). The standard InChI is InChI=1S/C15H17ClN2O3/c1-9(8-20-3)17-15(19)13-10(2)21-18-14(13)11-6-4-5-7-12(11)16/h4-7,9H,8H2,1-3H3,(H,17,19)/t9-/m1/s1. The molecular formula is C15H17ClN2O3. The van der Waals surface area contributed by atoms with Crippen LogP contribution in [0.5, 0.6) is 0 Å². The Bertz CT molecular complexity index is 640. The van der Waals surface area contributed by atoms with Gasteiger partial charge in [0.2, 0.25) is 0 Å². The first-order valence-corrected chi connectivity index (χ1v) is 6.93. The van der Waals surface area contributed by atoms with Crippen molar-refractivity contribution in [3.63, 3.8) is 0 Å². The van der Waals surface area contributed by atoms with E-state index in [1.54, 1.807) is 26.2 Å². The Morgan fingerprint density at radius 1 is 1.48 bits per heavy atom.